The Morgan fingerprint density at radius 2 is 2.11 bits per heavy atom. The molecule has 0 unspecified atom stereocenters. The molecule has 0 aromatic rings. The Labute approximate surface area is 56.6 Å². The summed E-state index contributed by atoms with van der Waals surface area (Å²) in [6, 6.07) is 0. The number of hydrogen-bond acceptors (Lipinski definition) is 3. The van der Waals surface area contributed by atoms with Crippen LogP contribution in [0.25, 0.3) is 0 Å². The summed E-state index contributed by atoms with van der Waals surface area (Å²) < 4.78 is 0. The van der Waals surface area contributed by atoms with Crippen molar-refractivity contribution in [3.05, 3.63) is 0 Å². The largest absolute Gasteiger partial charge is 0.319 e. The first-order valence-corrected chi connectivity index (χ1v) is 3.19. The molecule has 0 aliphatic rings. The molecule has 0 radical (unpaired) electrons. The fourth-order valence-electron chi connectivity index (χ4n) is 0.456. The van der Waals surface area contributed by atoms with Gasteiger partial charge in [0.2, 0.25) is 0 Å². The van der Waals surface area contributed by atoms with E-state index in [9.17, 15) is 0 Å². The van der Waals surface area contributed by atoms with Crippen LogP contribution in [0.2, 0.25) is 0 Å². The highest BCUT2D eigenvalue weighted by Crippen LogP contribution is 1.68. The zero-order chi connectivity index (χ0) is 6.95. The third kappa shape index (κ3) is 7.59. The van der Waals surface area contributed by atoms with E-state index in [1.165, 1.54) is 0 Å². The van der Waals surface area contributed by atoms with Crippen molar-refractivity contribution in [1.29, 1.82) is 0 Å². The lowest BCUT2D eigenvalue weighted by molar-refractivity contribution is 0.810. The highest BCUT2D eigenvalue weighted by molar-refractivity contribution is 5.57. The highest BCUT2D eigenvalue weighted by atomic mass is 15.0. The average molecular weight is 129 g/mol. The molecule has 3 nitrogen and oxygen atoms in total. The van der Waals surface area contributed by atoms with Crippen molar-refractivity contribution >= 4 is 6.21 Å². The summed E-state index contributed by atoms with van der Waals surface area (Å²) in [5, 5.41) is 5.96. The number of nitrogens with zero attached hydrogens (tertiary/aromatic N) is 1. The van der Waals surface area contributed by atoms with Gasteiger partial charge in [-0.2, -0.15) is 0 Å². The molecule has 0 rings (SSSR count). The molecule has 0 saturated heterocycles. The lowest BCUT2D eigenvalue weighted by Gasteiger charge is -1.90. The third-order valence-electron chi connectivity index (χ3n) is 0.902. The molecule has 2 N–H and O–H groups in total. The van der Waals surface area contributed by atoms with Crippen LogP contribution in [0, 0.1) is 0 Å². The van der Waals surface area contributed by atoms with Gasteiger partial charge in [-0.1, -0.05) is 0 Å². The summed E-state index contributed by atoms with van der Waals surface area (Å²) in [6.07, 6.45) is 2.94. The Bertz CT molecular complexity index is 70.7. The van der Waals surface area contributed by atoms with Gasteiger partial charge in [0.05, 0.1) is 6.67 Å². The van der Waals surface area contributed by atoms with Crippen LogP contribution in [0.1, 0.15) is 6.42 Å². The van der Waals surface area contributed by atoms with Gasteiger partial charge in [-0.05, 0) is 27.1 Å². The van der Waals surface area contributed by atoms with E-state index in [0.717, 1.165) is 19.6 Å². The molecule has 0 aromatic heterocycles. The summed E-state index contributed by atoms with van der Waals surface area (Å²) in [5.41, 5.74) is 0. The number of hydrogen-bond donors (Lipinski definition) is 2. The van der Waals surface area contributed by atoms with Crippen molar-refractivity contribution in [2.24, 2.45) is 4.99 Å². The molecule has 3 heteroatoms. The van der Waals surface area contributed by atoms with Crippen LogP contribution in [0.5, 0.6) is 0 Å². The molecule has 0 aliphatic heterocycles. The Hall–Kier alpha value is -0.410. The molecule has 0 bridgehead atoms. The molecule has 0 amide bonds. The van der Waals surface area contributed by atoms with Crippen molar-refractivity contribution in [3.8, 4) is 0 Å². The maximum atomic E-state index is 4.05. The number of aliphatic imine (C=N–C) groups is 1. The molecule has 9 heavy (non-hydrogen) atoms. The Morgan fingerprint density at radius 3 is 2.67 bits per heavy atom. The van der Waals surface area contributed by atoms with E-state index < -0.39 is 0 Å². The second kappa shape index (κ2) is 7.59. The van der Waals surface area contributed by atoms with E-state index in [4.69, 9.17) is 0 Å². The van der Waals surface area contributed by atoms with Crippen LogP contribution >= 0.6 is 0 Å². The molecular formula is C6H15N3. The topological polar surface area (TPSA) is 36.4 Å². The van der Waals surface area contributed by atoms with Gasteiger partial charge in [0.15, 0.2) is 0 Å². The standard InChI is InChI=1S/C6H15N3/c1-7-4-3-5-9-6-8-2/h5,7-8H,3-4,6H2,1-2H3/b9-5-. The Morgan fingerprint density at radius 1 is 1.33 bits per heavy atom. The summed E-state index contributed by atoms with van der Waals surface area (Å²) in [5.74, 6) is 0. The molecule has 0 heterocycles. The van der Waals surface area contributed by atoms with E-state index in [0.29, 0.717) is 0 Å². The predicted molar refractivity (Wildman–Crippen MR) is 41.0 cm³/mol. The average Bonchev–Trinajstić information content (AvgIpc) is 1.89. The molecule has 0 aromatic carbocycles. The molecule has 0 fully saturated rings. The zero-order valence-electron chi connectivity index (χ0n) is 6.15. The molecule has 0 spiro atoms. The second-order valence-electron chi connectivity index (χ2n) is 1.77. The summed E-state index contributed by atoms with van der Waals surface area (Å²) in [6.45, 7) is 1.73. The van der Waals surface area contributed by atoms with Crippen LogP contribution in [0.3, 0.4) is 0 Å². The van der Waals surface area contributed by atoms with Crippen LogP contribution < -0.4 is 10.6 Å². The van der Waals surface area contributed by atoms with Crippen LogP contribution in [-0.4, -0.2) is 33.5 Å². The highest BCUT2D eigenvalue weighted by Gasteiger charge is 1.74. The molecule has 0 aliphatic carbocycles. The smallest absolute Gasteiger partial charge is 0.0878 e. The maximum absolute atomic E-state index is 4.05. The van der Waals surface area contributed by atoms with Crippen molar-refractivity contribution in [2.45, 2.75) is 6.42 Å². The normalized spacial score (nSPS) is 10.9. The van der Waals surface area contributed by atoms with Gasteiger partial charge in [-0.15, -0.1) is 0 Å². The van der Waals surface area contributed by atoms with Gasteiger partial charge in [-0.25, -0.2) is 0 Å². The first-order valence-electron chi connectivity index (χ1n) is 3.19. The molecule has 0 saturated carbocycles. The number of nitrogens with one attached hydrogen (secondary N) is 2. The summed E-state index contributed by atoms with van der Waals surface area (Å²) in [4.78, 5) is 4.05. The lowest BCUT2D eigenvalue weighted by Crippen LogP contribution is -2.09. The minimum Gasteiger partial charge on any atom is -0.319 e. The van der Waals surface area contributed by atoms with E-state index in [-0.39, 0.29) is 0 Å². The third-order valence-corrected chi connectivity index (χ3v) is 0.902. The van der Waals surface area contributed by atoms with Crippen LogP contribution in [0.15, 0.2) is 4.99 Å². The second-order valence-corrected chi connectivity index (χ2v) is 1.77. The minimum atomic E-state index is 0.726. The molecule has 0 atom stereocenters. The SMILES string of the molecule is CNCC/C=N\CNC. The van der Waals surface area contributed by atoms with Crippen molar-refractivity contribution in [2.75, 3.05) is 27.3 Å². The van der Waals surface area contributed by atoms with E-state index in [1.54, 1.807) is 0 Å². The summed E-state index contributed by atoms with van der Waals surface area (Å²) in [7, 11) is 3.82. The monoisotopic (exact) mass is 129 g/mol. The van der Waals surface area contributed by atoms with E-state index in [2.05, 4.69) is 15.6 Å². The van der Waals surface area contributed by atoms with Gasteiger partial charge in [0.1, 0.15) is 0 Å². The van der Waals surface area contributed by atoms with Crippen molar-refractivity contribution in [1.82, 2.24) is 10.6 Å². The fraction of sp³-hybridized carbons (Fsp3) is 0.833. The zero-order valence-corrected chi connectivity index (χ0v) is 6.15. The Kier molecular flexibility index (Phi) is 7.24. The van der Waals surface area contributed by atoms with Crippen LogP contribution in [0.4, 0.5) is 0 Å². The number of rotatable bonds is 5. The van der Waals surface area contributed by atoms with Crippen molar-refractivity contribution in [3.63, 3.8) is 0 Å². The first-order chi connectivity index (χ1) is 4.41. The fourth-order valence-corrected chi connectivity index (χ4v) is 0.456. The maximum Gasteiger partial charge on any atom is 0.0878 e. The van der Waals surface area contributed by atoms with Gasteiger partial charge in [-0.3, -0.25) is 4.99 Å². The lowest BCUT2D eigenvalue weighted by atomic mass is 10.5. The van der Waals surface area contributed by atoms with Gasteiger partial charge in [0, 0.05) is 6.21 Å². The molecule has 54 valence electrons. The predicted octanol–water partition coefficient (Wildman–Crippen LogP) is -0.156. The van der Waals surface area contributed by atoms with E-state index in [1.807, 2.05) is 20.3 Å². The first kappa shape index (κ1) is 8.59. The Balaban J connectivity index is 2.86. The van der Waals surface area contributed by atoms with Crippen molar-refractivity contribution < 1.29 is 0 Å². The van der Waals surface area contributed by atoms with E-state index >= 15 is 0 Å². The molecular weight excluding hydrogens is 114 g/mol. The minimum absolute atomic E-state index is 0.726. The van der Waals surface area contributed by atoms with Gasteiger partial charge < -0.3 is 10.6 Å². The van der Waals surface area contributed by atoms with Gasteiger partial charge in [0.25, 0.3) is 0 Å². The van der Waals surface area contributed by atoms with Crippen LogP contribution in [-0.2, 0) is 0 Å². The summed E-state index contributed by atoms with van der Waals surface area (Å²) >= 11 is 0. The van der Waals surface area contributed by atoms with Gasteiger partial charge >= 0.3 is 0 Å². The quantitative estimate of drug-likeness (QED) is 0.400.